The van der Waals surface area contributed by atoms with Gasteiger partial charge in [0.2, 0.25) is 0 Å². The van der Waals surface area contributed by atoms with E-state index in [1.807, 2.05) is 0 Å². The Hall–Kier alpha value is -2.08. The molecule has 0 aromatic heterocycles. The number of carbonyl (C=O) groups excluding carboxylic acids is 2. The first-order valence-corrected chi connectivity index (χ1v) is 7.75. The Bertz CT molecular complexity index is 739. The van der Waals surface area contributed by atoms with Crippen molar-refractivity contribution in [2.45, 2.75) is 37.3 Å². The molecule has 3 saturated carbocycles. The number of hydrogen-bond donors (Lipinski definition) is 2. The van der Waals surface area contributed by atoms with E-state index in [9.17, 15) is 14.4 Å². The van der Waals surface area contributed by atoms with Gasteiger partial charge >= 0.3 is 5.97 Å². The van der Waals surface area contributed by atoms with Crippen LogP contribution in [0.3, 0.4) is 0 Å². The molecular weight excluding hydrogens is 322 g/mol. The number of Topliss-reactive ketones (excluding diaryl/α,β-unsaturated/α-hetero) is 1. The molecule has 1 unspecified atom stereocenters. The van der Waals surface area contributed by atoms with Crippen LogP contribution in [-0.2, 0) is 9.59 Å². The number of benzene rings is 1. The summed E-state index contributed by atoms with van der Waals surface area (Å²) < 4.78 is 5.62. The maximum atomic E-state index is 12.4. The summed E-state index contributed by atoms with van der Waals surface area (Å²) in [6.45, 7) is 0. The number of carbonyl (C=O) groups is 3. The summed E-state index contributed by atoms with van der Waals surface area (Å²) in [4.78, 5) is 35.6. The largest absolute Gasteiger partial charge is 0.481 e. The van der Waals surface area contributed by atoms with E-state index in [0.717, 1.165) is 0 Å². The van der Waals surface area contributed by atoms with Crippen LogP contribution in [0.4, 0.5) is 0 Å². The molecular formula is C16H14ClNO5. The highest BCUT2D eigenvalue weighted by molar-refractivity contribution is 6.31. The minimum absolute atomic E-state index is 0.0423. The molecule has 1 aromatic carbocycles. The molecule has 0 saturated heterocycles. The third-order valence-electron chi connectivity index (χ3n) is 5.05. The van der Waals surface area contributed by atoms with Gasteiger partial charge < -0.3 is 15.2 Å². The lowest BCUT2D eigenvalue weighted by molar-refractivity contribution is -0.200. The molecule has 6 nitrogen and oxygen atoms in total. The van der Waals surface area contributed by atoms with Crippen molar-refractivity contribution < 1.29 is 24.2 Å². The van der Waals surface area contributed by atoms with Crippen LogP contribution in [0.5, 0.6) is 5.75 Å². The second-order valence-electron chi connectivity index (χ2n) is 6.76. The molecule has 120 valence electrons. The number of ketones is 1. The van der Waals surface area contributed by atoms with E-state index >= 15 is 0 Å². The fourth-order valence-corrected chi connectivity index (χ4v) is 4.10. The summed E-state index contributed by atoms with van der Waals surface area (Å²) in [5.74, 6) is -1.000. The van der Waals surface area contributed by atoms with Gasteiger partial charge in [-0.05, 0) is 37.5 Å². The smallest absolute Gasteiger partial charge is 0.309 e. The van der Waals surface area contributed by atoms with Gasteiger partial charge in [0.15, 0.2) is 11.9 Å². The van der Waals surface area contributed by atoms with Crippen LogP contribution < -0.4 is 10.1 Å². The summed E-state index contributed by atoms with van der Waals surface area (Å²) in [5.41, 5.74) is -0.695. The van der Waals surface area contributed by atoms with Gasteiger partial charge in [-0.15, -0.1) is 0 Å². The maximum Gasteiger partial charge on any atom is 0.309 e. The average Bonchev–Trinajstić information content (AvgIpc) is 2.41. The average molecular weight is 336 g/mol. The van der Waals surface area contributed by atoms with Gasteiger partial charge in [0.1, 0.15) is 5.75 Å². The second-order valence-corrected chi connectivity index (χ2v) is 7.20. The Kier molecular flexibility index (Phi) is 2.82. The van der Waals surface area contributed by atoms with Crippen LogP contribution in [0.15, 0.2) is 18.2 Å². The van der Waals surface area contributed by atoms with E-state index in [2.05, 4.69) is 5.32 Å². The first-order chi connectivity index (χ1) is 10.8. The van der Waals surface area contributed by atoms with Crippen molar-refractivity contribution in [3.05, 3.63) is 28.8 Å². The first kappa shape index (κ1) is 14.5. The summed E-state index contributed by atoms with van der Waals surface area (Å²) in [6.07, 6.45) is 0.431. The molecule has 2 bridgehead atoms. The molecule has 3 aliphatic carbocycles. The molecule has 5 rings (SSSR count). The summed E-state index contributed by atoms with van der Waals surface area (Å²) in [5, 5.41) is 12.4. The monoisotopic (exact) mass is 335 g/mol. The van der Waals surface area contributed by atoms with E-state index < -0.39 is 23.0 Å². The highest BCUT2D eigenvalue weighted by Gasteiger charge is 2.72. The van der Waals surface area contributed by atoms with Gasteiger partial charge in [-0.2, -0.15) is 0 Å². The van der Waals surface area contributed by atoms with Gasteiger partial charge in [0.05, 0.1) is 17.4 Å². The quantitative estimate of drug-likeness (QED) is 0.878. The maximum absolute atomic E-state index is 12.4. The van der Waals surface area contributed by atoms with Crippen molar-refractivity contribution in [2.24, 2.45) is 5.41 Å². The van der Waals surface area contributed by atoms with Gasteiger partial charge in [-0.1, -0.05) is 11.6 Å². The number of aliphatic carboxylic acids is 1. The molecule has 7 heteroatoms. The molecule has 1 atom stereocenters. The molecule has 1 aromatic rings. The molecule has 1 aliphatic heterocycles. The molecule has 23 heavy (non-hydrogen) atoms. The number of ether oxygens (including phenoxy) is 1. The lowest BCUT2D eigenvalue weighted by atomic mass is 9.39. The van der Waals surface area contributed by atoms with Crippen molar-refractivity contribution in [1.82, 2.24) is 5.32 Å². The Labute approximate surface area is 136 Å². The zero-order valence-electron chi connectivity index (χ0n) is 12.1. The molecule has 1 amide bonds. The van der Waals surface area contributed by atoms with Crippen LogP contribution in [-0.4, -0.2) is 34.4 Å². The molecule has 3 fully saturated rings. The van der Waals surface area contributed by atoms with Crippen LogP contribution in [0.25, 0.3) is 0 Å². The fourth-order valence-electron chi connectivity index (χ4n) is 3.93. The van der Waals surface area contributed by atoms with Gasteiger partial charge in [-0.25, -0.2) is 0 Å². The van der Waals surface area contributed by atoms with Gasteiger partial charge in [0, 0.05) is 10.6 Å². The predicted molar refractivity (Wildman–Crippen MR) is 79.6 cm³/mol. The minimum atomic E-state index is -0.883. The lowest BCUT2D eigenvalue weighted by Gasteiger charge is -2.68. The third-order valence-corrected chi connectivity index (χ3v) is 5.28. The van der Waals surface area contributed by atoms with E-state index in [0.29, 0.717) is 35.6 Å². The standard InChI is InChI=1S/C16H14ClNO5/c17-8-1-2-11-9(3-8)10(19)4-12(23-11)13(20)18-16-5-15(6-16,7-16)14(21)22/h1-3,12H,4-7H2,(H,18,20)(H,21,22). The Morgan fingerprint density at radius 3 is 2.65 bits per heavy atom. The number of nitrogens with one attached hydrogen (secondary N) is 1. The number of fused-ring (bicyclic) bond motifs is 1. The van der Waals surface area contributed by atoms with Crippen molar-refractivity contribution in [2.75, 3.05) is 0 Å². The topological polar surface area (TPSA) is 92.7 Å². The summed E-state index contributed by atoms with van der Waals surface area (Å²) >= 11 is 5.86. The Balaban J connectivity index is 1.44. The zero-order chi connectivity index (χ0) is 16.4. The van der Waals surface area contributed by atoms with Crippen LogP contribution in [0, 0.1) is 5.41 Å². The summed E-state index contributed by atoms with van der Waals surface area (Å²) in [7, 11) is 0. The van der Waals surface area contributed by atoms with Crippen molar-refractivity contribution in [1.29, 1.82) is 0 Å². The third kappa shape index (κ3) is 2.05. The SMILES string of the molecule is O=C1CC(C(=O)NC23CC(C(=O)O)(C2)C3)Oc2ccc(Cl)cc21. The second kappa shape index (κ2) is 4.47. The molecule has 4 aliphatic rings. The summed E-state index contributed by atoms with van der Waals surface area (Å²) in [6, 6.07) is 4.71. The molecule has 2 N–H and O–H groups in total. The number of rotatable bonds is 3. The first-order valence-electron chi connectivity index (χ1n) is 7.37. The van der Waals surface area contributed by atoms with Crippen molar-refractivity contribution in [3.63, 3.8) is 0 Å². The Morgan fingerprint density at radius 1 is 1.30 bits per heavy atom. The Morgan fingerprint density at radius 2 is 2.00 bits per heavy atom. The van der Waals surface area contributed by atoms with E-state index in [-0.39, 0.29) is 18.1 Å². The molecule has 1 heterocycles. The van der Waals surface area contributed by atoms with Crippen LogP contribution >= 0.6 is 11.6 Å². The van der Waals surface area contributed by atoms with E-state index in [1.54, 1.807) is 12.1 Å². The zero-order valence-corrected chi connectivity index (χ0v) is 12.9. The van der Waals surface area contributed by atoms with Gasteiger partial charge in [0.25, 0.3) is 5.91 Å². The number of carboxylic acids is 1. The number of hydrogen-bond acceptors (Lipinski definition) is 4. The van der Waals surface area contributed by atoms with Crippen molar-refractivity contribution in [3.8, 4) is 5.75 Å². The number of carboxylic acid groups (broad SMARTS) is 1. The number of halogens is 1. The normalized spacial score (nSPS) is 33.6. The van der Waals surface area contributed by atoms with Gasteiger partial charge in [-0.3, -0.25) is 14.4 Å². The molecule has 0 spiro atoms. The minimum Gasteiger partial charge on any atom is -0.481 e. The fraction of sp³-hybridized carbons (Fsp3) is 0.438. The molecule has 0 radical (unpaired) electrons. The lowest BCUT2D eigenvalue weighted by Crippen LogP contribution is -2.77. The van der Waals surface area contributed by atoms with Crippen LogP contribution in [0.2, 0.25) is 5.02 Å². The predicted octanol–water partition coefficient (Wildman–Crippen LogP) is 1.80. The van der Waals surface area contributed by atoms with E-state index in [4.69, 9.17) is 21.4 Å². The number of amides is 1. The van der Waals surface area contributed by atoms with Crippen LogP contribution in [0.1, 0.15) is 36.0 Å². The van der Waals surface area contributed by atoms with Crippen molar-refractivity contribution >= 4 is 29.3 Å². The van der Waals surface area contributed by atoms with E-state index in [1.165, 1.54) is 6.07 Å². The highest BCUT2D eigenvalue weighted by Crippen LogP contribution is 2.67. The highest BCUT2D eigenvalue weighted by atomic mass is 35.5.